The van der Waals surface area contributed by atoms with Crippen molar-refractivity contribution in [3.05, 3.63) is 241 Å². The van der Waals surface area contributed by atoms with Gasteiger partial charge in [0.15, 0.2) is 6.17 Å². The summed E-state index contributed by atoms with van der Waals surface area (Å²) in [5.41, 5.74) is 10.1. The van der Waals surface area contributed by atoms with Crippen molar-refractivity contribution in [3.8, 4) is 33.6 Å². The SMILES string of the molecule is CC(C)(c1c(-c2ccccc2C(F)(F)F)c(-n2c3ccccc3c3ccc4oc5ccccc5c4c32)cc(-n2c3ccccc3c3ccc4oc5ccccc5c4c32)c1-c1cccc2c1C2F)n1c2ccccc2c2ccccc21. The maximum atomic E-state index is 17.0. The summed E-state index contributed by atoms with van der Waals surface area (Å²) < 4.78 is 86.8. The molecule has 80 heavy (non-hydrogen) atoms. The first-order chi connectivity index (χ1) is 39.1. The molecular formula is C71H43F4N3O2. The van der Waals surface area contributed by atoms with Crippen molar-refractivity contribution in [1.82, 2.24) is 13.7 Å². The third-order valence-electron chi connectivity index (χ3n) is 17.2. The van der Waals surface area contributed by atoms with Gasteiger partial charge in [0.25, 0.3) is 0 Å². The van der Waals surface area contributed by atoms with E-state index in [9.17, 15) is 0 Å². The Morgan fingerprint density at radius 1 is 0.400 bits per heavy atom. The van der Waals surface area contributed by atoms with Gasteiger partial charge in [-0.1, -0.05) is 146 Å². The molecule has 1 aliphatic rings. The molecule has 0 saturated carbocycles. The van der Waals surface area contributed by atoms with Gasteiger partial charge in [-0.15, -0.1) is 0 Å². The fourth-order valence-corrected chi connectivity index (χ4v) is 14.0. The Bertz CT molecular complexity index is 5320. The van der Waals surface area contributed by atoms with E-state index in [-0.39, 0.29) is 5.56 Å². The second-order valence-electron chi connectivity index (χ2n) is 21.8. The molecule has 1 unspecified atom stereocenters. The first-order valence-corrected chi connectivity index (χ1v) is 26.9. The van der Waals surface area contributed by atoms with Crippen molar-refractivity contribution in [2.24, 2.45) is 0 Å². The van der Waals surface area contributed by atoms with Gasteiger partial charge in [-0.05, 0) is 109 Å². The molecule has 17 rings (SSSR count). The van der Waals surface area contributed by atoms with Crippen LogP contribution in [0.5, 0.6) is 0 Å². The fraction of sp³-hybridized carbons (Fsp3) is 0.0704. The van der Waals surface area contributed by atoms with E-state index < -0.39 is 23.5 Å². The number of rotatable bonds is 6. The molecule has 5 aromatic heterocycles. The number of halogens is 4. The van der Waals surface area contributed by atoms with E-state index in [0.29, 0.717) is 61.5 Å². The average molecular weight is 1050 g/mol. The summed E-state index contributed by atoms with van der Waals surface area (Å²) in [7, 11) is 0. The third kappa shape index (κ3) is 5.95. The van der Waals surface area contributed by atoms with Gasteiger partial charge in [-0.25, -0.2) is 4.39 Å². The molecule has 11 aromatic carbocycles. The van der Waals surface area contributed by atoms with Crippen LogP contribution in [0, 0.1) is 0 Å². The number of hydrogen-bond donors (Lipinski definition) is 0. The molecule has 1 aliphatic carbocycles. The van der Waals surface area contributed by atoms with Crippen LogP contribution in [0.1, 0.15) is 42.3 Å². The van der Waals surface area contributed by atoms with Crippen molar-refractivity contribution in [2.45, 2.75) is 31.7 Å². The lowest BCUT2D eigenvalue weighted by Gasteiger charge is -2.37. The molecule has 0 aliphatic heterocycles. The van der Waals surface area contributed by atoms with Crippen molar-refractivity contribution in [3.63, 3.8) is 0 Å². The predicted octanol–water partition coefficient (Wildman–Crippen LogP) is 20.3. The van der Waals surface area contributed by atoms with Crippen molar-refractivity contribution in [1.29, 1.82) is 0 Å². The van der Waals surface area contributed by atoms with Crippen LogP contribution >= 0.6 is 0 Å². The van der Waals surface area contributed by atoms with Crippen LogP contribution in [0.15, 0.2) is 227 Å². The molecule has 5 nitrogen and oxygen atoms in total. The zero-order valence-electron chi connectivity index (χ0n) is 43.0. The topological polar surface area (TPSA) is 41.1 Å². The molecule has 382 valence electrons. The smallest absolute Gasteiger partial charge is 0.417 e. The fourth-order valence-electron chi connectivity index (χ4n) is 14.0. The second-order valence-corrected chi connectivity index (χ2v) is 21.8. The lowest BCUT2D eigenvalue weighted by Crippen LogP contribution is -2.30. The predicted molar refractivity (Wildman–Crippen MR) is 316 cm³/mol. The van der Waals surface area contributed by atoms with E-state index >= 15 is 17.6 Å². The number of hydrogen-bond acceptors (Lipinski definition) is 2. The summed E-state index contributed by atoms with van der Waals surface area (Å²) >= 11 is 0. The Hall–Kier alpha value is -9.86. The lowest BCUT2D eigenvalue weighted by molar-refractivity contribution is -0.137. The van der Waals surface area contributed by atoms with E-state index in [1.54, 1.807) is 12.1 Å². The Labute approximate surface area is 453 Å². The molecular weight excluding hydrogens is 1000 g/mol. The van der Waals surface area contributed by atoms with Crippen LogP contribution in [0.2, 0.25) is 0 Å². The van der Waals surface area contributed by atoms with Gasteiger partial charge < -0.3 is 22.5 Å². The number of aromatic nitrogens is 3. The molecule has 0 bridgehead atoms. The minimum Gasteiger partial charge on any atom is -0.456 e. The summed E-state index contributed by atoms with van der Waals surface area (Å²) in [5.74, 6) is 0. The van der Waals surface area contributed by atoms with E-state index in [0.717, 1.165) is 92.5 Å². The third-order valence-corrected chi connectivity index (χ3v) is 17.2. The summed E-state index contributed by atoms with van der Waals surface area (Å²) in [5, 5.41) is 9.22. The van der Waals surface area contributed by atoms with Crippen LogP contribution in [-0.2, 0) is 11.7 Å². The molecule has 0 saturated heterocycles. The van der Waals surface area contributed by atoms with Gasteiger partial charge in [0.2, 0.25) is 0 Å². The maximum Gasteiger partial charge on any atom is 0.417 e. The number of furan rings is 2. The normalized spacial score (nSPS) is 14.0. The summed E-state index contributed by atoms with van der Waals surface area (Å²) in [4.78, 5) is 0. The van der Waals surface area contributed by atoms with Crippen molar-refractivity contribution in [2.75, 3.05) is 0 Å². The Morgan fingerprint density at radius 3 is 1.35 bits per heavy atom. The molecule has 1 atom stereocenters. The highest BCUT2D eigenvalue weighted by Gasteiger charge is 2.44. The van der Waals surface area contributed by atoms with Crippen LogP contribution in [0.3, 0.4) is 0 Å². The Balaban J connectivity index is 1.20. The number of fused-ring (bicyclic) bond motifs is 18. The Morgan fingerprint density at radius 2 is 0.825 bits per heavy atom. The summed E-state index contributed by atoms with van der Waals surface area (Å²) in [6, 6.07) is 70.7. The molecule has 9 heteroatoms. The first kappa shape index (κ1) is 45.2. The quantitative estimate of drug-likeness (QED) is 0.156. The monoisotopic (exact) mass is 1050 g/mol. The number of para-hydroxylation sites is 6. The summed E-state index contributed by atoms with van der Waals surface area (Å²) in [6.45, 7) is 4.24. The minimum atomic E-state index is -4.81. The highest BCUT2D eigenvalue weighted by molar-refractivity contribution is 6.27. The standard InChI is InChI=1S/C71H43F4N3O2/c1-70(2,78-53-30-13-6-18-39(53)40-19-7-14-31-54(40)78)66-62(45-22-3-10-27-50(45)71(73,74)75)55(76-51-28-11-4-20-41(51)43-34-36-59-64(68(43)76)46-23-8-15-32-57(46)79-59)38-56(63(66)48-25-17-26-49-61(48)67(49)72)77-52-29-12-5-21-42(52)44-35-37-60-65(69(44)77)47-24-9-16-33-58(47)80-60/h3-38,67H,1-2H3. The molecule has 16 aromatic rings. The number of benzene rings is 11. The van der Waals surface area contributed by atoms with Gasteiger partial charge in [-0.2, -0.15) is 13.2 Å². The van der Waals surface area contributed by atoms with Gasteiger partial charge in [0, 0.05) is 70.8 Å². The van der Waals surface area contributed by atoms with Crippen molar-refractivity contribution >= 4 is 109 Å². The van der Waals surface area contributed by atoms with Crippen LogP contribution in [-0.4, -0.2) is 13.7 Å². The Kier molecular flexibility index (Phi) is 8.97. The van der Waals surface area contributed by atoms with E-state index in [1.165, 1.54) is 12.1 Å². The van der Waals surface area contributed by atoms with Gasteiger partial charge >= 0.3 is 6.18 Å². The second kappa shape index (κ2) is 15.9. The molecule has 0 amide bonds. The first-order valence-electron chi connectivity index (χ1n) is 26.9. The van der Waals surface area contributed by atoms with Crippen LogP contribution in [0.25, 0.3) is 143 Å². The molecule has 0 N–H and O–H groups in total. The average Bonchev–Trinajstić information content (AvgIpc) is 4.13. The molecule has 0 radical (unpaired) electrons. The van der Waals surface area contributed by atoms with Gasteiger partial charge in [0.1, 0.15) is 22.3 Å². The molecule has 0 fully saturated rings. The van der Waals surface area contributed by atoms with E-state index in [4.69, 9.17) is 8.83 Å². The van der Waals surface area contributed by atoms with Crippen LogP contribution in [0.4, 0.5) is 17.6 Å². The molecule has 0 spiro atoms. The largest absolute Gasteiger partial charge is 0.456 e. The van der Waals surface area contributed by atoms with E-state index in [2.05, 4.69) is 100 Å². The van der Waals surface area contributed by atoms with Crippen molar-refractivity contribution < 1.29 is 26.4 Å². The zero-order chi connectivity index (χ0) is 53.5. The zero-order valence-corrected chi connectivity index (χ0v) is 43.0. The van der Waals surface area contributed by atoms with E-state index in [1.807, 2.05) is 121 Å². The van der Waals surface area contributed by atoms with Gasteiger partial charge in [0.05, 0.1) is 55.3 Å². The van der Waals surface area contributed by atoms with Gasteiger partial charge in [-0.3, -0.25) is 0 Å². The molecule has 5 heterocycles. The minimum absolute atomic E-state index is 0.0130. The summed E-state index contributed by atoms with van der Waals surface area (Å²) in [6.07, 6.45) is -6.19. The lowest BCUT2D eigenvalue weighted by atomic mass is 9.77. The maximum absolute atomic E-state index is 17.0. The number of alkyl halides is 4. The highest BCUT2D eigenvalue weighted by Crippen LogP contribution is 2.58. The highest BCUT2D eigenvalue weighted by atomic mass is 19.4. The number of nitrogens with zero attached hydrogens (tertiary/aromatic N) is 3. The van der Waals surface area contributed by atoms with Crippen LogP contribution < -0.4 is 0 Å².